The number of benzene rings is 1. The van der Waals surface area contributed by atoms with Gasteiger partial charge in [0.1, 0.15) is 12.7 Å². The van der Waals surface area contributed by atoms with Crippen LogP contribution in [0.4, 0.5) is 0 Å². The Balaban J connectivity index is 1.39. The highest BCUT2D eigenvalue weighted by Crippen LogP contribution is 2.20. The molecule has 0 amide bonds. The van der Waals surface area contributed by atoms with Crippen LogP contribution in [0, 0.1) is 6.92 Å². The number of nitrogens with zero attached hydrogens (tertiary/aromatic N) is 6. The Bertz CT molecular complexity index is 816. The Morgan fingerprint density at radius 2 is 2.20 bits per heavy atom. The van der Waals surface area contributed by atoms with Gasteiger partial charge < -0.3 is 9.26 Å². The summed E-state index contributed by atoms with van der Waals surface area (Å²) in [5.74, 6) is 1.26. The second-order valence-corrected chi connectivity index (χ2v) is 6.17. The molecule has 3 aromatic rings. The second kappa shape index (κ2) is 7.12. The smallest absolute Gasteiger partial charge is 0.241 e. The van der Waals surface area contributed by atoms with Gasteiger partial charge >= 0.3 is 0 Å². The molecule has 8 nitrogen and oxygen atoms in total. The molecule has 1 aromatic carbocycles. The monoisotopic (exact) mass is 340 g/mol. The van der Waals surface area contributed by atoms with E-state index in [1.807, 2.05) is 31.2 Å². The summed E-state index contributed by atoms with van der Waals surface area (Å²) in [5.41, 5.74) is 2.14. The van der Waals surface area contributed by atoms with Crippen molar-refractivity contribution in [3.05, 3.63) is 48.4 Å². The molecule has 1 atom stereocenters. The molecule has 0 radical (unpaired) electrons. The summed E-state index contributed by atoms with van der Waals surface area (Å²) in [4.78, 5) is 10.8. The molecule has 1 saturated heterocycles. The van der Waals surface area contributed by atoms with Crippen LogP contribution in [0.5, 0.6) is 0 Å². The number of rotatable bonds is 5. The van der Waals surface area contributed by atoms with Gasteiger partial charge in [-0.05, 0) is 12.5 Å². The normalized spacial score (nSPS) is 18.5. The highest BCUT2D eigenvalue weighted by molar-refractivity contribution is 5.58. The minimum absolute atomic E-state index is 0.0780. The fourth-order valence-electron chi connectivity index (χ4n) is 3.01. The lowest BCUT2D eigenvalue weighted by Crippen LogP contribution is -2.43. The van der Waals surface area contributed by atoms with Crippen molar-refractivity contribution in [3.63, 3.8) is 0 Å². The highest BCUT2D eigenvalue weighted by Gasteiger charge is 2.23. The molecule has 3 heterocycles. The number of aromatic nitrogens is 5. The van der Waals surface area contributed by atoms with E-state index in [0.29, 0.717) is 31.4 Å². The highest BCUT2D eigenvalue weighted by atomic mass is 16.5. The van der Waals surface area contributed by atoms with Crippen molar-refractivity contribution < 1.29 is 9.26 Å². The molecule has 130 valence electrons. The van der Waals surface area contributed by atoms with Gasteiger partial charge in [-0.2, -0.15) is 10.1 Å². The van der Waals surface area contributed by atoms with Crippen LogP contribution in [0.2, 0.25) is 0 Å². The maximum atomic E-state index is 5.81. The maximum absolute atomic E-state index is 5.81. The lowest BCUT2D eigenvalue weighted by Gasteiger charge is -2.31. The first-order valence-corrected chi connectivity index (χ1v) is 8.33. The van der Waals surface area contributed by atoms with Gasteiger partial charge in [0, 0.05) is 18.7 Å². The van der Waals surface area contributed by atoms with Gasteiger partial charge in [0.05, 0.1) is 25.8 Å². The third kappa shape index (κ3) is 3.75. The summed E-state index contributed by atoms with van der Waals surface area (Å²) in [6, 6.07) is 8.03. The third-order valence-corrected chi connectivity index (χ3v) is 4.29. The molecule has 1 aliphatic rings. The van der Waals surface area contributed by atoms with Crippen molar-refractivity contribution in [1.29, 1.82) is 0 Å². The zero-order valence-corrected chi connectivity index (χ0v) is 14.1. The Morgan fingerprint density at radius 3 is 3.04 bits per heavy atom. The first-order chi connectivity index (χ1) is 12.3. The standard InChI is InChI=1S/C17H20N6O2/c1-13-4-2-3-5-15(13)17-20-16(25-21-17)10-22-6-7-24-14(8-22)9-23-12-18-11-19-23/h2-5,11-12,14H,6-10H2,1H3/t14-/m1/s1. The molecule has 0 saturated carbocycles. The van der Waals surface area contributed by atoms with E-state index in [9.17, 15) is 0 Å². The van der Waals surface area contributed by atoms with Gasteiger partial charge in [0.25, 0.3) is 0 Å². The van der Waals surface area contributed by atoms with Crippen molar-refractivity contribution in [2.45, 2.75) is 26.1 Å². The quantitative estimate of drug-likeness (QED) is 0.697. The van der Waals surface area contributed by atoms with Crippen LogP contribution in [0.25, 0.3) is 11.4 Å². The van der Waals surface area contributed by atoms with Gasteiger partial charge in [-0.1, -0.05) is 29.4 Å². The molecule has 1 fully saturated rings. The Labute approximate surface area is 145 Å². The van der Waals surface area contributed by atoms with Gasteiger partial charge in [-0.25, -0.2) is 4.98 Å². The van der Waals surface area contributed by atoms with Crippen LogP contribution in [0.3, 0.4) is 0 Å². The lowest BCUT2D eigenvalue weighted by atomic mass is 10.1. The van der Waals surface area contributed by atoms with Gasteiger partial charge in [-0.15, -0.1) is 0 Å². The Kier molecular flexibility index (Phi) is 4.53. The zero-order chi connectivity index (χ0) is 17.1. The molecule has 2 aromatic heterocycles. The number of morpholine rings is 1. The number of hydrogen-bond donors (Lipinski definition) is 0. The summed E-state index contributed by atoms with van der Waals surface area (Å²) in [5, 5.41) is 8.26. The van der Waals surface area contributed by atoms with Crippen LogP contribution >= 0.6 is 0 Å². The van der Waals surface area contributed by atoms with Crippen molar-refractivity contribution in [3.8, 4) is 11.4 Å². The summed E-state index contributed by atoms with van der Waals surface area (Å²) in [7, 11) is 0. The molecule has 4 rings (SSSR count). The molecule has 1 aliphatic heterocycles. The van der Waals surface area contributed by atoms with Crippen molar-refractivity contribution >= 4 is 0 Å². The molecule has 0 aliphatic carbocycles. The summed E-state index contributed by atoms with van der Waals surface area (Å²) in [6.07, 6.45) is 3.31. The third-order valence-electron chi connectivity index (χ3n) is 4.29. The maximum Gasteiger partial charge on any atom is 0.241 e. The summed E-state index contributed by atoms with van der Waals surface area (Å²) >= 11 is 0. The van der Waals surface area contributed by atoms with Gasteiger partial charge in [0.15, 0.2) is 0 Å². The Morgan fingerprint density at radius 1 is 1.28 bits per heavy atom. The predicted octanol–water partition coefficient (Wildman–Crippen LogP) is 1.54. The van der Waals surface area contributed by atoms with E-state index in [-0.39, 0.29) is 6.10 Å². The summed E-state index contributed by atoms with van der Waals surface area (Å²) < 4.78 is 13.0. The second-order valence-electron chi connectivity index (χ2n) is 6.17. The SMILES string of the molecule is Cc1ccccc1-c1noc(CN2CCO[C@@H](Cn3cncn3)C2)n1. The summed E-state index contributed by atoms with van der Waals surface area (Å²) in [6.45, 7) is 5.67. The van der Waals surface area contributed by atoms with Crippen LogP contribution in [-0.4, -0.2) is 55.6 Å². The van der Waals surface area contributed by atoms with E-state index in [0.717, 1.165) is 24.2 Å². The average molecular weight is 340 g/mol. The fraction of sp³-hybridized carbons (Fsp3) is 0.412. The van der Waals surface area contributed by atoms with Gasteiger partial charge in [0.2, 0.25) is 11.7 Å². The van der Waals surface area contributed by atoms with E-state index >= 15 is 0 Å². The number of aryl methyl sites for hydroxylation is 1. The van der Waals surface area contributed by atoms with E-state index in [1.165, 1.54) is 6.33 Å². The van der Waals surface area contributed by atoms with Crippen molar-refractivity contribution in [2.75, 3.05) is 19.7 Å². The molecule has 25 heavy (non-hydrogen) atoms. The lowest BCUT2D eigenvalue weighted by molar-refractivity contribution is -0.0426. The van der Waals surface area contributed by atoms with Crippen LogP contribution in [-0.2, 0) is 17.8 Å². The first-order valence-electron chi connectivity index (χ1n) is 8.33. The van der Waals surface area contributed by atoms with E-state index in [1.54, 1.807) is 11.0 Å². The molecule has 0 bridgehead atoms. The average Bonchev–Trinajstić information content (AvgIpc) is 3.28. The van der Waals surface area contributed by atoms with Crippen LogP contribution < -0.4 is 0 Å². The topological polar surface area (TPSA) is 82.1 Å². The van der Waals surface area contributed by atoms with E-state index in [4.69, 9.17) is 9.26 Å². The minimum atomic E-state index is 0.0780. The molecular formula is C17H20N6O2. The molecular weight excluding hydrogens is 320 g/mol. The molecule has 0 N–H and O–H groups in total. The number of ether oxygens (including phenoxy) is 1. The fourth-order valence-corrected chi connectivity index (χ4v) is 3.01. The van der Waals surface area contributed by atoms with Crippen molar-refractivity contribution in [1.82, 2.24) is 29.8 Å². The largest absolute Gasteiger partial charge is 0.374 e. The molecule has 0 spiro atoms. The predicted molar refractivity (Wildman–Crippen MR) is 89.5 cm³/mol. The zero-order valence-electron chi connectivity index (χ0n) is 14.1. The van der Waals surface area contributed by atoms with Crippen LogP contribution in [0.15, 0.2) is 41.4 Å². The molecule has 8 heteroatoms. The minimum Gasteiger partial charge on any atom is -0.374 e. The van der Waals surface area contributed by atoms with E-state index in [2.05, 4.69) is 25.1 Å². The molecule has 0 unspecified atom stereocenters. The Hall–Kier alpha value is -2.58. The first kappa shape index (κ1) is 15.9. The van der Waals surface area contributed by atoms with E-state index < -0.39 is 0 Å². The van der Waals surface area contributed by atoms with Crippen molar-refractivity contribution in [2.24, 2.45) is 0 Å². The van der Waals surface area contributed by atoms with Crippen LogP contribution in [0.1, 0.15) is 11.5 Å². The van der Waals surface area contributed by atoms with Gasteiger partial charge in [-0.3, -0.25) is 9.58 Å². The number of hydrogen-bond acceptors (Lipinski definition) is 7.